The molecular formula is C9H14N2S. The van der Waals surface area contributed by atoms with Crippen molar-refractivity contribution in [2.75, 3.05) is 12.0 Å². The van der Waals surface area contributed by atoms with E-state index in [1.807, 2.05) is 18.5 Å². The average Bonchev–Trinajstić information content (AvgIpc) is 2.04. The molecule has 0 amide bonds. The lowest BCUT2D eigenvalue weighted by molar-refractivity contribution is 0.822. The van der Waals surface area contributed by atoms with E-state index in [-0.39, 0.29) is 0 Å². The number of nitrogens with zero attached hydrogens (tertiary/aromatic N) is 1. The Hall–Kier alpha value is -0.700. The smallest absolute Gasteiger partial charge is 0.0674 e. The molecule has 2 N–H and O–H groups in total. The van der Waals surface area contributed by atoms with E-state index >= 15 is 0 Å². The van der Waals surface area contributed by atoms with E-state index < -0.39 is 0 Å². The third-order valence-electron chi connectivity index (χ3n) is 1.75. The summed E-state index contributed by atoms with van der Waals surface area (Å²) >= 11 is 1.66. The Morgan fingerprint density at radius 3 is 2.67 bits per heavy atom. The normalized spacial score (nSPS) is 10.7. The molecule has 0 saturated heterocycles. The number of thioether (sulfide) groups is 1. The van der Waals surface area contributed by atoms with Crippen LogP contribution < -0.4 is 5.73 Å². The second-order valence-electron chi connectivity index (χ2n) is 2.97. The summed E-state index contributed by atoms with van der Waals surface area (Å²) < 4.78 is 0. The predicted octanol–water partition coefficient (Wildman–Crippen LogP) is 2.51. The van der Waals surface area contributed by atoms with E-state index in [0.29, 0.717) is 5.92 Å². The van der Waals surface area contributed by atoms with Gasteiger partial charge in [-0.25, -0.2) is 0 Å². The zero-order valence-electron chi connectivity index (χ0n) is 7.66. The molecule has 0 aliphatic heterocycles. The van der Waals surface area contributed by atoms with Gasteiger partial charge < -0.3 is 5.73 Å². The van der Waals surface area contributed by atoms with Crippen LogP contribution in [0.3, 0.4) is 0 Å². The molecule has 0 radical (unpaired) electrons. The van der Waals surface area contributed by atoms with Gasteiger partial charge in [-0.05, 0) is 18.2 Å². The second-order valence-corrected chi connectivity index (χ2v) is 3.81. The standard InChI is InChI=1S/C9H14N2S/c1-6(2)9-8(10)7(12-3)4-5-11-9/h4-6H,10H2,1-3H3. The summed E-state index contributed by atoms with van der Waals surface area (Å²) in [4.78, 5) is 5.37. The van der Waals surface area contributed by atoms with E-state index in [1.54, 1.807) is 11.8 Å². The van der Waals surface area contributed by atoms with Crippen molar-refractivity contribution in [3.05, 3.63) is 18.0 Å². The van der Waals surface area contributed by atoms with Crippen molar-refractivity contribution in [3.8, 4) is 0 Å². The summed E-state index contributed by atoms with van der Waals surface area (Å²) in [6.45, 7) is 4.20. The minimum atomic E-state index is 0.400. The number of anilines is 1. The SMILES string of the molecule is CSc1ccnc(C(C)C)c1N. The lowest BCUT2D eigenvalue weighted by Gasteiger charge is -2.10. The lowest BCUT2D eigenvalue weighted by Crippen LogP contribution is -2.00. The fraction of sp³-hybridized carbons (Fsp3) is 0.444. The summed E-state index contributed by atoms with van der Waals surface area (Å²) in [5.41, 5.74) is 7.75. The van der Waals surface area contributed by atoms with Crippen LogP contribution in [0.5, 0.6) is 0 Å². The molecule has 1 aromatic rings. The second kappa shape index (κ2) is 3.81. The zero-order chi connectivity index (χ0) is 9.14. The first-order chi connectivity index (χ1) is 5.66. The van der Waals surface area contributed by atoms with E-state index in [4.69, 9.17) is 5.73 Å². The van der Waals surface area contributed by atoms with Crippen LogP contribution in [0.15, 0.2) is 17.2 Å². The van der Waals surface area contributed by atoms with Gasteiger partial charge in [-0.1, -0.05) is 13.8 Å². The van der Waals surface area contributed by atoms with Crippen molar-refractivity contribution >= 4 is 17.4 Å². The first kappa shape index (κ1) is 9.39. The van der Waals surface area contributed by atoms with E-state index in [0.717, 1.165) is 16.3 Å². The van der Waals surface area contributed by atoms with Gasteiger partial charge in [0.15, 0.2) is 0 Å². The van der Waals surface area contributed by atoms with Gasteiger partial charge in [-0.15, -0.1) is 11.8 Å². The molecular weight excluding hydrogens is 168 g/mol. The molecule has 0 aliphatic rings. The number of aromatic nitrogens is 1. The highest BCUT2D eigenvalue weighted by molar-refractivity contribution is 7.98. The van der Waals surface area contributed by atoms with Gasteiger partial charge in [0.25, 0.3) is 0 Å². The Morgan fingerprint density at radius 2 is 2.17 bits per heavy atom. The van der Waals surface area contributed by atoms with Gasteiger partial charge in [0.2, 0.25) is 0 Å². The fourth-order valence-corrected chi connectivity index (χ4v) is 1.63. The summed E-state index contributed by atoms with van der Waals surface area (Å²) in [6, 6.07) is 1.95. The van der Waals surface area contributed by atoms with Crippen LogP contribution in [-0.4, -0.2) is 11.2 Å². The number of rotatable bonds is 2. The van der Waals surface area contributed by atoms with Crippen molar-refractivity contribution < 1.29 is 0 Å². The molecule has 1 rings (SSSR count). The maximum atomic E-state index is 5.91. The summed E-state index contributed by atoms with van der Waals surface area (Å²) in [7, 11) is 0. The first-order valence-corrected chi connectivity index (χ1v) is 5.17. The minimum absolute atomic E-state index is 0.400. The Balaban J connectivity index is 3.14. The zero-order valence-corrected chi connectivity index (χ0v) is 8.48. The molecule has 0 aromatic carbocycles. The molecule has 0 unspecified atom stereocenters. The van der Waals surface area contributed by atoms with E-state index in [1.165, 1.54) is 0 Å². The van der Waals surface area contributed by atoms with Crippen LogP contribution in [0.1, 0.15) is 25.5 Å². The molecule has 2 nitrogen and oxygen atoms in total. The molecule has 0 bridgehead atoms. The number of nitrogens with two attached hydrogens (primary N) is 1. The van der Waals surface area contributed by atoms with Crippen LogP contribution in [-0.2, 0) is 0 Å². The van der Waals surface area contributed by atoms with Gasteiger partial charge in [0, 0.05) is 11.1 Å². The maximum absolute atomic E-state index is 5.91. The highest BCUT2D eigenvalue weighted by atomic mass is 32.2. The average molecular weight is 182 g/mol. The van der Waals surface area contributed by atoms with Crippen LogP contribution in [0.25, 0.3) is 0 Å². The fourth-order valence-electron chi connectivity index (χ4n) is 1.11. The quantitative estimate of drug-likeness (QED) is 0.714. The number of hydrogen-bond donors (Lipinski definition) is 1. The van der Waals surface area contributed by atoms with Gasteiger partial charge in [-0.3, -0.25) is 4.98 Å². The molecule has 1 heterocycles. The molecule has 0 aliphatic carbocycles. The Bertz CT molecular complexity index is 271. The van der Waals surface area contributed by atoms with Crippen molar-refractivity contribution in [1.82, 2.24) is 4.98 Å². The van der Waals surface area contributed by atoms with Gasteiger partial charge in [0.1, 0.15) is 0 Å². The van der Waals surface area contributed by atoms with Crippen molar-refractivity contribution in [1.29, 1.82) is 0 Å². The molecule has 0 spiro atoms. The molecule has 0 atom stereocenters. The number of hydrogen-bond acceptors (Lipinski definition) is 3. The molecule has 3 heteroatoms. The Kier molecular flexibility index (Phi) is 2.98. The summed E-state index contributed by atoms with van der Waals surface area (Å²) in [5.74, 6) is 0.400. The third kappa shape index (κ3) is 1.72. The maximum Gasteiger partial charge on any atom is 0.0674 e. The number of nitrogen functional groups attached to an aromatic ring is 1. The van der Waals surface area contributed by atoms with Crippen molar-refractivity contribution in [2.24, 2.45) is 0 Å². The predicted molar refractivity (Wildman–Crippen MR) is 54.5 cm³/mol. The Morgan fingerprint density at radius 1 is 1.50 bits per heavy atom. The van der Waals surface area contributed by atoms with Crippen molar-refractivity contribution in [2.45, 2.75) is 24.7 Å². The van der Waals surface area contributed by atoms with E-state index in [2.05, 4.69) is 18.8 Å². The van der Waals surface area contributed by atoms with Crippen LogP contribution >= 0.6 is 11.8 Å². The van der Waals surface area contributed by atoms with Crippen LogP contribution in [0.2, 0.25) is 0 Å². The Labute approximate surface area is 77.6 Å². The van der Waals surface area contributed by atoms with E-state index in [9.17, 15) is 0 Å². The summed E-state index contributed by atoms with van der Waals surface area (Å²) in [5, 5.41) is 0. The van der Waals surface area contributed by atoms with Crippen molar-refractivity contribution in [3.63, 3.8) is 0 Å². The van der Waals surface area contributed by atoms with Gasteiger partial charge in [0.05, 0.1) is 11.4 Å². The monoisotopic (exact) mass is 182 g/mol. The van der Waals surface area contributed by atoms with Gasteiger partial charge >= 0.3 is 0 Å². The first-order valence-electron chi connectivity index (χ1n) is 3.95. The van der Waals surface area contributed by atoms with Crippen LogP contribution in [0, 0.1) is 0 Å². The molecule has 12 heavy (non-hydrogen) atoms. The topological polar surface area (TPSA) is 38.9 Å². The largest absolute Gasteiger partial charge is 0.396 e. The van der Waals surface area contributed by atoms with Gasteiger partial charge in [-0.2, -0.15) is 0 Å². The van der Waals surface area contributed by atoms with Crippen LogP contribution in [0.4, 0.5) is 5.69 Å². The molecule has 66 valence electrons. The molecule has 0 saturated carbocycles. The third-order valence-corrected chi connectivity index (χ3v) is 2.54. The minimum Gasteiger partial charge on any atom is -0.396 e. The number of pyridine rings is 1. The highest BCUT2D eigenvalue weighted by Gasteiger charge is 2.08. The highest BCUT2D eigenvalue weighted by Crippen LogP contribution is 2.28. The summed E-state index contributed by atoms with van der Waals surface area (Å²) in [6.07, 6.45) is 3.84. The molecule has 0 fully saturated rings. The lowest BCUT2D eigenvalue weighted by atomic mass is 10.1. The molecule has 1 aromatic heterocycles.